The first-order chi connectivity index (χ1) is 10.7. The highest BCUT2D eigenvalue weighted by Gasteiger charge is 2.19. The SMILES string of the molecule is Cn1nnnc1SCCC(=O)Nc1cc(C2CCCC2)[nH]n1. The van der Waals surface area contributed by atoms with Crippen molar-refractivity contribution in [3.8, 4) is 0 Å². The van der Waals surface area contributed by atoms with E-state index in [1.54, 1.807) is 11.7 Å². The number of rotatable bonds is 6. The predicted octanol–water partition coefficient (Wildman–Crippen LogP) is 1.71. The summed E-state index contributed by atoms with van der Waals surface area (Å²) in [6.45, 7) is 0. The zero-order chi connectivity index (χ0) is 15.4. The summed E-state index contributed by atoms with van der Waals surface area (Å²) in [7, 11) is 1.77. The van der Waals surface area contributed by atoms with E-state index in [2.05, 4.69) is 31.0 Å². The molecule has 118 valence electrons. The summed E-state index contributed by atoms with van der Waals surface area (Å²) < 4.78 is 1.59. The molecule has 1 aliphatic carbocycles. The zero-order valence-corrected chi connectivity index (χ0v) is 13.3. The zero-order valence-electron chi connectivity index (χ0n) is 12.4. The van der Waals surface area contributed by atoms with Crippen molar-refractivity contribution in [3.05, 3.63) is 11.8 Å². The number of aromatic amines is 1. The summed E-state index contributed by atoms with van der Waals surface area (Å²) in [6.07, 6.45) is 5.36. The van der Waals surface area contributed by atoms with E-state index in [0.29, 0.717) is 29.1 Å². The Kier molecular flexibility index (Phi) is 4.71. The van der Waals surface area contributed by atoms with Crippen molar-refractivity contribution in [2.75, 3.05) is 11.1 Å². The number of tetrazole rings is 1. The second-order valence-corrected chi connectivity index (χ2v) is 6.48. The van der Waals surface area contributed by atoms with Crippen molar-refractivity contribution in [1.29, 1.82) is 0 Å². The topological polar surface area (TPSA) is 101 Å². The fourth-order valence-electron chi connectivity index (χ4n) is 2.63. The van der Waals surface area contributed by atoms with E-state index in [4.69, 9.17) is 0 Å². The number of thioether (sulfide) groups is 1. The Balaban J connectivity index is 1.44. The van der Waals surface area contributed by atoms with E-state index < -0.39 is 0 Å². The number of H-pyrrole nitrogens is 1. The van der Waals surface area contributed by atoms with Gasteiger partial charge in [-0.05, 0) is 23.3 Å². The van der Waals surface area contributed by atoms with Crippen molar-refractivity contribution in [2.45, 2.75) is 43.2 Å². The molecule has 2 aromatic heterocycles. The lowest BCUT2D eigenvalue weighted by Crippen LogP contribution is -2.12. The van der Waals surface area contributed by atoms with Crippen LogP contribution in [0.1, 0.15) is 43.7 Å². The monoisotopic (exact) mass is 321 g/mol. The third-order valence-electron chi connectivity index (χ3n) is 3.80. The molecule has 1 saturated carbocycles. The van der Waals surface area contributed by atoms with E-state index in [1.807, 2.05) is 6.07 Å². The standard InChI is InChI=1S/C13H19N7OS/c1-20-13(17-18-19-20)22-7-6-12(21)14-11-8-10(15-16-11)9-4-2-3-5-9/h8-9H,2-7H2,1H3,(H2,14,15,16,21). The number of nitrogens with one attached hydrogen (secondary N) is 2. The molecule has 0 aliphatic heterocycles. The highest BCUT2D eigenvalue weighted by Crippen LogP contribution is 2.33. The van der Waals surface area contributed by atoms with Crippen LogP contribution in [0.25, 0.3) is 0 Å². The molecule has 2 aromatic rings. The lowest BCUT2D eigenvalue weighted by Gasteiger charge is -2.03. The number of aryl methyl sites for hydroxylation is 1. The normalized spacial score (nSPS) is 15.3. The molecular weight excluding hydrogens is 302 g/mol. The average Bonchev–Trinajstić information content (AvgIpc) is 3.21. The number of anilines is 1. The highest BCUT2D eigenvalue weighted by atomic mass is 32.2. The Hall–Kier alpha value is -1.90. The molecule has 1 aliphatic rings. The van der Waals surface area contributed by atoms with Crippen LogP contribution in [0.4, 0.5) is 5.82 Å². The van der Waals surface area contributed by atoms with E-state index >= 15 is 0 Å². The lowest BCUT2D eigenvalue weighted by molar-refractivity contribution is -0.115. The molecule has 0 unspecified atom stereocenters. The number of amides is 1. The van der Waals surface area contributed by atoms with Gasteiger partial charge < -0.3 is 5.32 Å². The van der Waals surface area contributed by atoms with Gasteiger partial charge in [0.15, 0.2) is 5.82 Å². The molecule has 0 spiro atoms. The molecule has 2 N–H and O–H groups in total. The predicted molar refractivity (Wildman–Crippen MR) is 82.6 cm³/mol. The van der Waals surface area contributed by atoms with Gasteiger partial charge >= 0.3 is 0 Å². The summed E-state index contributed by atoms with van der Waals surface area (Å²) in [4.78, 5) is 11.9. The first-order valence-electron chi connectivity index (χ1n) is 7.42. The quantitative estimate of drug-likeness (QED) is 0.785. The molecule has 2 heterocycles. The van der Waals surface area contributed by atoms with Gasteiger partial charge in [-0.15, -0.1) is 5.10 Å². The van der Waals surface area contributed by atoms with Crippen LogP contribution in [0.2, 0.25) is 0 Å². The fraction of sp³-hybridized carbons (Fsp3) is 0.615. The third kappa shape index (κ3) is 3.65. The first kappa shape index (κ1) is 15.0. The summed E-state index contributed by atoms with van der Waals surface area (Å²) in [6, 6.07) is 1.95. The Labute approximate surface area is 132 Å². The second kappa shape index (κ2) is 6.91. The third-order valence-corrected chi connectivity index (χ3v) is 4.81. The van der Waals surface area contributed by atoms with Gasteiger partial charge in [0.1, 0.15) is 0 Å². The fourth-order valence-corrected chi connectivity index (χ4v) is 3.42. The van der Waals surface area contributed by atoms with E-state index in [0.717, 1.165) is 5.69 Å². The molecule has 1 fully saturated rings. The number of carbonyl (C=O) groups is 1. The van der Waals surface area contributed by atoms with Crippen LogP contribution in [0.5, 0.6) is 0 Å². The van der Waals surface area contributed by atoms with Gasteiger partial charge in [0.2, 0.25) is 11.1 Å². The maximum atomic E-state index is 11.9. The number of hydrogen-bond acceptors (Lipinski definition) is 6. The minimum Gasteiger partial charge on any atom is -0.309 e. The van der Waals surface area contributed by atoms with Crippen LogP contribution in [0.3, 0.4) is 0 Å². The largest absolute Gasteiger partial charge is 0.309 e. The summed E-state index contributed by atoms with van der Waals surface area (Å²) in [5, 5.41) is 21.9. The molecule has 9 heteroatoms. The molecule has 3 rings (SSSR count). The minimum atomic E-state index is -0.0490. The Bertz CT molecular complexity index is 632. The summed E-state index contributed by atoms with van der Waals surface area (Å²) >= 11 is 1.46. The average molecular weight is 321 g/mol. The van der Waals surface area contributed by atoms with Crippen LogP contribution in [-0.4, -0.2) is 42.1 Å². The Morgan fingerprint density at radius 1 is 1.50 bits per heavy atom. The first-order valence-corrected chi connectivity index (χ1v) is 8.41. The molecule has 0 aromatic carbocycles. The molecule has 22 heavy (non-hydrogen) atoms. The summed E-state index contributed by atoms with van der Waals surface area (Å²) in [5.41, 5.74) is 1.13. The van der Waals surface area contributed by atoms with Gasteiger partial charge in [0.05, 0.1) is 0 Å². The molecule has 1 amide bonds. The molecule has 0 atom stereocenters. The molecule has 0 bridgehead atoms. The van der Waals surface area contributed by atoms with Crippen molar-refractivity contribution >= 4 is 23.5 Å². The summed E-state index contributed by atoms with van der Waals surface area (Å²) in [5.74, 6) is 1.75. The molecular formula is C13H19N7OS. The van der Waals surface area contributed by atoms with Gasteiger partial charge in [-0.1, -0.05) is 24.6 Å². The molecule has 8 nitrogen and oxygen atoms in total. The van der Waals surface area contributed by atoms with Gasteiger partial charge in [-0.2, -0.15) is 5.10 Å². The molecule has 0 radical (unpaired) electrons. The smallest absolute Gasteiger partial charge is 0.226 e. The minimum absolute atomic E-state index is 0.0490. The van der Waals surface area contributed by atoms with Crippen LogP contribution < -0.4 is 5.32 Å². The van der Waals surface area contributed by atoms with Gasteiger partial charge in [0.25, 0.3) is 0 Å². The molecule has 0 saturated heterocycles. The van der Waals surface area contributed by atoms with Crippen LogP contribution in [0, 0.1) is 0 Å². The highest BCUT2D eigenvalue weighted by molar-refractivity contribution is 7.99. The maximum Gasteiger partial charge on any atom is 0.226 e. The van der Waals surface area contributed by atoms with Gasteiger partial charge in [-0.25, -0.2) is 4.68 Å². The maximum absolute atomic E-state index is 11.9. The van der Waals surface area contributed by atoms with Gasteiger partial charge in [-0.3, -0.25) is 9.89 Å². The Morgan fingerprint density at radius 3 is 3.05 bits per heavy atom. The van der Waals surface area contributed by atoms with Crippen molar-refractivity contribution in [1.82, 2.24) is 30.4 Å². The number of carbonyl (C=O) groups excluding carboxylic acids is 1. The number of nitrogens with zero attached hydrogens (tertiary/aromatic N) is 5. The van der Waals surface area contributed by atoms with E-state index in [1.165, 1.54) is 37.4 Å². The van der Waals surface area contributed by atoms with E-state index in [9.17, 15) is 4.79 Å². The van der Waals surface area contributed by atoms with Crippen LogP contribution in [-0.2, 0) is 11.8 Å². The van der Waals surface area contributed by atoms with Crippen molar-refractivity contribution < 1.29 is 4.79 Å². The van der Waals surface area contributed by atoms with Crippen LogP contribution >= 0.6 is 11.8 Å². The number of aromatic nitrogens is 6. The van der Waals surface area contributed by atoms with Gasteiger partial charge in [0, 0.05) is 36.9 Å². The van der Waals surface area contributed by atoms with Crippen molar-refractivity contribution in [2.24, 2.45) is 7.05 Å². The lowest BCUT2D eigenvalue weighted by atomic mass is 10.0. The second-order valence-electron chi connectivity index (χ2n) is 5.42. The van der Waals surface area contributed by atoms with E-state index in [-0.39, 0.29) is 5.91 Å². The van der Waals surface area contributed by atoms with Crippen LogP contribution in [0.15, 0.2) is 11.2 Å². The number of hydrogen-bond donors (Lipinski definition) is 2. The Morgan fingerprint density at radius 2 is 2.32 bits per heavy atom. The van der Waals surface area contributed by atoms with Crippen molar-refractivity contribution in [3.63, 3.8) is 0 Å².